The number of aryl methyl sites for hydroxylation is 1. The molecule has 0 bridgehead atoms. The van der Waals surface area contributed by atoms with E-state index in [1.54, 1.807) is 0 Å². The number of hydrogen-bond donors (Lipinski definition) is 0. The smallest absolute Gasteiger partial charge is 0.0669 e. The Morgan fingerprint density at radius 2 is 1.60 bits per heavy atom. The average Bonchev–Trinajstić information content (AvgIpc) is 2.86. The molecular formula is C18H26ClN. The van der Waals surface area contributed by atoms with E-state index in [9.17, 15) is 0 Å². The fourth-order valence-corrected chi connectivity index (χ4v) is 3.11. The van der Waals surface area contributed by atoms with Gasteiger partial charge in [-0.2, -0.15) is 0 Å². The molecule has 0 aliphatic carbocycles. The van der Waals surface area contributed by atoms with Crippen molar-refractivity contribution in [1.82, 2.24) is 4.57 Å². The Morgan fingerprint density at radius 1 is 0.900 bits per heavy atom. The number of hydrogen-bond acceptors (Lipinski definition) is 0. The molecule has 0 fully saturated rings. The maximum absolute atomic E-state index is 6.29. The van der Waals surface area contributed by atoms with Gasteiger partial charge >= 0.3 is 0 Å². The van der Waals surface area contributed by atoms with Crippen LogP contribution in [0.3, 0.4) is 0 Å². The molecule has 0 amide bonds. The van der Waals surface area contributed by atoms with Crippen molar-refractivity contribution >= 4 is 22.5 Å². The van der Waals surface area contributed by atoms with Crippen molar-refractivity contribution in [3.8, 4) is 0 Å². The predicted octanol–water partition coefficient (Wildman–Crippen LogP) is 6.44. The van der Waals surface area contributed by atoms with Gasteiger partial charge in [0.1, 0.15) is 0 Å². The van der Waals surface area contributed by atoms with Crippen LogP contribution >= 0.6 is 11.6 Å². The van der Waals surface area contributed by atoms with Gasteiger partial charge in [-0.1, -0.05) is 75.6 Å². The molecule has 1 aromatic carbocycles. The Morgan fingerprint density at radius 3 is 2.35 bits per heavy atom. The highest BCUT2D eigenvalue weighted by Crippen LogP contribution is 2.24. The molecule has 2 heteroatoms. The van der Waals surface area contributed by atoms with Crippen molar-refractivity contribution in [2.24, 2.45) is 0 Å². The molecular weight excluding hydrogens is 266 g/mol. The van der Waals surface area contributed by atoms with Crippen LogP contribution in [0.15, 0.2) is 30.5 Å². The fourth-order valence-electron chi connectivity index (χ4n) is 2.82. The third kappa shape index (κ3) is 4.28. The zero-order chi connectivity index (χ0) is 14.2. The Labute approximate surface area is 127 Å². The number of aromatic nitrogens is 1. The molecule has 110 valence electrons. The summed E-state index contributed by atoms with van der Waals surface area (Å²) in [5, 5.41) is 2.11. The third-order valence-electron chi connectivity index (χ3n) is 3.99. The van der Waals surface area contributed by atoms with Crippen molar-refractivity contribution in [3.05, 3.63) is 35.5 Å². The second-order valence-electron chi connectivity index (χ2n) is 5.66. The molecule has 2 aromatic rings. The molecule has 1 nitrogen and oxygen atoms in total. The normalized spacial score (nSPS) is 11.3. The van der Waals surface area contributed by atoms with Crippen LogP contribution < -0.4 is 0 Å². The zero-order valence-electron chi connectivity index (χ0n) is 12.6. The summed E-state index contributed by atoms with van der Waals surface area (Å²) in [6.45, 7) is 3.36. The number of halogens is 1. The predicted molar refractivity (Wildman–Crippen MR) is 89.6 cm³/mol. The van der Waals surface area contributed by atoms with E-state index < -0.39 is 0 Å². The number of unbranched alkanes of at least 4 members (excludes halogenated alkanes) is 7. The van der Waals surface area contributed by atoms with Gasteiger partial charge in [0.05, 0.1) is 10.5 Å². The van der Waals surface area contributed by atoms with Crippen molar-refractivity contribution in [1.29, 1.82) is 0 Å². The van der Waals surface area contributed by atoms with Crippen LogP contribution in [0.5, 0.6) is 0 Å². The number of rotatable bonds is 9. The lowest BCUT2D eigenvalue weighted by Gasteiger charge is -2.07. The van der Waals surface area contributed by atoms with Crippen LogP contribution in [0.1, 0.15) is 58.3 Å². The van der Waals surface area contributed by atoms with Gasteiger partial charge in [0, 0.05) is 18.1 Å². The van der Waals surface area contributed by atoms with E-state index in [0.29, 0.717) is 0 Å². The number of benzene rings is 1. The van der Waals surface area contributed by atoms with Crippen LogP contribution in [0.2, 0.25) is 5.02 Å². The molecule has 0 N–H and O–H groups in total. The van der Waals surface area contributed by atoms with Gasteiger partial charge in [-0.05, 0) is 18.6 Å². The van der Waals surface area contributed by atoms with Crippen molar-refractivity contribution < 1.29 is 0 Å². The van der Waals surface area contributed by atoms with Gasteiger partial charge in [-0.15, -0.1) is 0 Å². The van der Waals surface area contributed by atoms with Crippen LogP contribution in [0, 0.1) is 0 Å². The highest BCUT2D eigenvalue weighted by Gasteiger charge is 2.04. The molecule has 0 atom stereocenters. The van der Waals surface area contributed by atoms with E-state index in [-0.39, 0.29) is 0 Å². The van der Waals surface area contributed by atoms with E-state index in [4.69, 9.17) is 11.6 Å². The van der Waals surface area contributed by atoms with Gasteiger partial charge in [0.2, 0.25) is 0 Å². The fraction of sp³-hybridized carbons (Fsp3) is 0.556. The number of para-hydroxylation sites is 1. The Bertz CT molecular complexity index is 515. The van der Waals surface area contributed by atoms with Crippen molar-refractivity contribution in [3.63, 3.8) is 0 Å². The summed E-state index contributed by atoms with van der Waals surface area (Å²) in [5.74, 6) is 0. The van der Waals surface area contributed by atoms with Crippen LogP contribution in [-0.4, -0.2) is 4.57 Å². The van der Waals surface area contributed by atoms with Gasteiger partial charge in [0.25, 0.3) is 0 Å². The Hall–Kier alpha value is -0.950. The molecule has 0 unspecified atom stereocenters. The summed E-state index contributed by atoms with van der Waals surface area (Å²) >= 11 is 6.29. The van der Waals surface area contributed by atoms with Crippen molar-refractivity contribution in [2.75, 3.05) is 0 Å². The highest BCUT2D eigenvalue weighted by atomic mass is 35.5. The van der Waals surface area contributed by atoms with Gasteiger partial charge in [-0.25, -0.2) is 0 Å². The summed E-state index contributed by atoms with van der Waals surface area (Å²) in [6, 6.07) is 8.29. The molecule has 0 spiro atoms. The van der Waals surface area contributed by atoms with Gasteiger partial charge in [-0.3, -0.25) is 0 Å². The molecule has 0 saturated heterocycles. The van der Waals surface area contributed by atoms with E-state index in [0.717, 1.165) is 11.6 Å². The lowest BCUT2D eigenvalue weighted by Crippen LogP contribution is -1.96. The molecule has 0 aliphatic heterocycles. The molecule has 2 rings (SSSR count). The maximum Gasteiger partial charge on any atom is 0.0669 e. The molecule has 0 radical (unpaired) electrons. The van der Waals surface area contributed by atoms with Crippen molar-refractivity contribution in [2.45, 2.75) is 64.8 Å². The minimum Gasteiger partial charge on any atom is -0.346 e. The van der Waals surface area contributed by atoms with Crippen LogP contribution in [0.25, 0.3) is 10.9 Å². The highest BCUT2D eigenvalue weighted by molar-refractivity contribution is 6.35. The second-order valence-corrected chi connectivity index (χ2v) is 6.07. The summed E-state index contributed by atoms with van der Waals surface area (Å²) < 4.78 is 2.30. The standard InChI is InChI=1S/C18H26ClN/c1-2-3-4-5-6-7-8-9-14-20-15-13-16-11-10-12-17(19)18(16)20/h10-13,15H,2-9,14H2,1H3. The zero-order valence-corrected chi connectivity index (χ0v) is 13.3. The minimum atomic E-state index is 0.868. The first-order chi connectivity index (χ1) is 9.83. The van der Waals surface area contributed by atoms with Gasteiger partial charge < -0.3 is 4.57 Å². The lowest BCUT2D eigenvalue weighted by molar-refractivity contribution is 0.549. The summed E-state index contributed by atoms with van der Waals surface area (Å²) in [6.07, 6.45) is 13.1. The lowest BCUT2D eigenvalue weighted by atomic mass is 10.1. The minimum absolute atomic E-state index is 0.868. The summed E-state index contributed by atoms with van der Waals surface area (Å²) in [5.41, 5.74) is 1.19. The van der Waals surface area contributed by atoms with E-state index in [1.807, 2.05) is 12.1 Å². The summed E-state index contributed by atoms with van der Waals surface area (Å²) in [4.78, 5) is 0. The quantitative estimate of drug-likeness (QED) is 0.469. The Balaban J connectivity index is 1.71. The SMILES string of the molecule is CCCCCCCCCCn1ccc2cccc(Cl)c21. The molecule has 0 saturated carbocycles. The first-order valence-corrected chi connectivity index (χ1v) is 8.44. The molecule has 0 aliphatic rings. The Kier molecular flexibility index (Phi) is 6.46. The van der Waals surface area contributed by atoms with Gasteiger partial charge in [0.15, 0.2) is 0 Å². The topological polar surface area (TPSA) is 4.93 Å². The average molecular weight is 292 g/mol. The molecule has 1 aromatic heterocycles. The first kappa shape index (κ1) is 15.4. The van der Waals surface area contributed by atoms with Crippen LogP contribution in [-0.2, 0) is 6.54 Å². The largest absolute Gasteiger partial charge is 0.346 e. The number of nitrogens with zero attached hydrogens (tertiary/aromatic N) is 1. The second kappa shape index (κ2) is 8.36. The third-order valence-corrected chi connectivity index (χ3v) is 4.30. The molecule has 1 heterocycles. The van der Waals surface area contributed by atoms with E-state index in [2.05, 4.69) is 29.8 Å². The summed E-state index contributed by atoms with van der Waals surface area (Å²) in [7, 11) is 0. The maximum atomic E-state index is 6.29. The van der Waals surface area contributed by atoms with E-state index >= 15 is 0 Å². The monoisotopic (exact) mass is 291 g/mol. The van der Waals surface area contributed by atoms with Crippen LogP contribution in [0.4, 0.5) is 0 Å². The van der Waals surface area contributed by atoms with E-state index in [1.165, 1.54) is 62.3 Å². The first-order valence-electron chi connectivity index (χ1n) is 8.06. The molecule has 20 heavy (non-hydrogen) atoms. The number of fused-ring (bicyclic) bond motifs is 1.